The zero-order valence-corrected chi connectivity index (χ0v) is 10.8. The minimum absolute atomic E-state index is 0.0696. The molecule has 0 unspecified atom stereocenters. The van der Waals surface area contributed by atoms with Gasteiger partial charge >= 0.3 is 0 Å². The van der Waals surface area contributed by atoms with Crippen LogP contribution in [0.4, 0.5) is 5.82 Å². The fourth-order valence-corrected chi connectivity index (χ4v) is 1.78. The Kier molecular flexibility index (Phi) is 3.49. The third-order valence-corrected chi connectivity index (χ3v) is 2.74. The van der Waals surface area contributed by atoms with Gasteiger partial charge in [0, 0.05) is 19.2 Å². The van der Waals surface area contributed by atoms with Crippen molar-refractivity contribution in [3.05, 3.63) is 34.1 Å². The van der Waals surface area contributed by atoms with E-state index in [0.29, 0.717) is 12.4 Å². The first-order chi connectivity index (χ1) is 8.08. The predicted molar refractivity (Wildman–Crippen MR) is 65.4 cm³/mol. The fourth-order valence-electron chi connectivity index (χ4n) is 1.43. The summed E-state index contributed by atoms with van der Waals surface area (Å²) >= 11 is 11.6. The molecule has 0 N–H and O–H groups in total. The average Bonchev–Trinajstić information content (AvgIpc) is 2.68. The highest BCUT2D eigenvalue weighted by molar-refractivity contribution is 6.32. The lowest BCUT2D eigenvalue weighted by molar-refractivity contribution is 0.529. The van der Waals surface area contributed by atoms with Gasteiger partial charge in [-0.1, -0.05) is 11.6 Å². The van der Waals surface area contributed by atoms with Gasteiger partial charge in [-0.2, -0.15) is 4.98 Å². The summed E-state index contributed by atoms with van der Waals surface area (Å²) in [5.74, 6) is 1.35. The van der Waals surface area contributed by atoms with Crippen LogP contribution < -0.4 is 4.90 Å². The molecule has 0 aliphatic rings. The number of furan rings is 1. The molecule has 0 aliphatic heterocycles. The standard InChI is InChI=1S/C10H10Cl2N4O/c1-6-7(3-4-17-6)5-16(2)9-8(11)14-15-10(12)13-9/h3-4H,5H2,1-2H3. The number of aryl methyl sites for hydroxylation is 1. The van der Waals surface area contributed by atoms with Crippen LogP contribution in [0.2, 0.25) is 10.4 Å². The summed E-state index contributed by atoms with van der Waals surface area (Å²) in [6, 6.07) is 1.90. The molecule has 0 aromatic carbocycles. The van der Waals surface area contributed by atoms with Gasteiger partial charge in [0.05, 0.1) is 6.26 Å². The van der Waals surface area contributed by atoms with Gasteiger partial charge in [0.1, 0.15) is 5.76 Å². The normalized spacial score (nSPS) is 10.6. The Morgan fingerprint density at radius 3 is 2.76 bits per heavy atom. The molecule has 7 heteroatoms. The van der Waals surface area contributed by atoms with E-state index in [-0.39, 0.29) is 10.4 Å². The maximum atomic E-state index is 5.91. The second-order valence-corrected chi connectivity index (χ2v) is 4.25. The first kappa shape index (κ1) is 12.1. The monoisotopic (exact) mass is 272 g/mol. The highest BCUT2D eigenvalue weighted by Gasteiger charge is 2.13. The molecule has 0 bridgehead atoms. The molecular weight excluding hydrogens is 263 g/mol. The summed E-state index contributed by atoms with van der Waals surface area (Å²) < 4.78 is 5.22. The minimum Gasteiger partial charge on any atom is -0.469 e. The van der Waals surface area contributed by atoms with Crippen molar-refractivity contribution in [2.45, 2.75) is 13.5 Å². The molecule has 2 aromatic heterocycles. The molecule has 90 valence electrons. The topological polar surface area (TPSA) is 55.1 Å². The van der Waals surface area contributed by atoms with E-state index in [4.69, 9.17) is 27.6 Å². The quantitative estimate of drug-likeness (QED) is 0.860. The van der Waals surface area contributed by atoms with Crippen LogP contribution >= 0.6 is 23.2 Å². The highest BCUT2D eigenvalue weighted by atomic mass is 35.5. The van der Waals surface area contributed by atoms with Gasteiger partial charge in [-0.05, 0) is 24.6 Å². The first-order valence-electron chi connectivity index (χ1n) is 4.87. The molecule has 0 spiro atoms. The Hall–Kier alpha value is -1.33. The van der Waals surface area contributed by atoms with Crippen molar-refractivity contribution in [1.82, 2.24) is 15.2 Å². The van der Waals surface area contributed by atoms with Crippen molar-refractivity contribution < 1.29 is 4.42 Å². The Morgan fingerprint density at radius 1 is 1.35 bits per heavy atom. The van der Waals surface area contributed by atoms with Gasteiger partial charge in [-0.3, -0.25) is 0 Å². The van der Waals surface area contributed by atoms with Crippen LogP contribution in [0.5, 0.6) is 0 Å². The van der Waals surface area contributed by atoms with Crippen molar-refractivity contribution in [2.75, 3.05) is 11.9 Å². The van der Waals surface area contributed by atoms with Crippen LogP contribution in [-0.4, -0.2) is 22.2 Å². The third kappa shape index (κ3) is 2.68. The lowest BCUT2D eigenvalue weighted by Gasteiger charge is -2.17. The van der Waals surface area contributed by atoms with Crippen LogP contribution in [0.3, 0.4) is 0 Å². The lowest BCUT2D eigenvalue weighted by atomic mass is 10.2. The zero-order chi connectivity index (χ0) is 12.4. The number of hydrogen-bond acceptors (Lipinski definition) is 5. The Morgan fingerprint density at radius 2 is 2.12 bits per heavy atom. The van der Waals surface area contributed by atoms with Gasteiger partial charge in [-0.15, -0.1) is 10.2 Å². The van der Waals surface area contributed by atoms with E-state index in [1.807, 2.05) is 24.9 Å². The molecular formula is C10H10Cl2N4O. The molecule has 17 heavy (non-hydrogen) atoms. The van der Waals surface area contributed by atoms with Crippen molar-refractivity contribution in [2.24, 2.45) is 0 Å². The number of anilines is 1. The van der Waals surface area contributed by atoms with E-state index < -0.39 is 0 Å². The van der Waals surface area contributed by atoms with E-state index in [1.54, 1.807) is 6.26 Å². The number of rotatable bonds is 3. The summed E-state index contributed by atoms with van der Waals surface area (Å²) in [5, 5.41) is 7.56. The zero-order valence-electron chi connectivity index (χ0n) is 9.31. The molecule has 5 nitrogen and oxygen atoms in total. The van der Waals surface area contributed by atoms with Crippen molar-refractivity contribution in [3.63, 3.8) is 0 Å². The maximum absolute atomic E-state index is 5.91. The van der Waals surface area contributed by atoms with Crippen LogP contribution in [0, 0.1) is 6.92 Å². The van der Waals surface area contributed by atoms with Gasteiger partial charge in [0.15, 0.2) is 11.0 Å². The summed E-state index contributed by atoms with van der Waals surface area (Å²) in [7, 11) is 1.85. The summed E-state index contributed by atoms with van der Waals surface area (Å²) in [4.78, 5) is 5.87. The van der Waals surface area contributed by atoms with Crippen molar-refractivity contribution in [3.8, 4) is 0 Å². The Balaban J connectivity index is 2.23. The highest BCUT2D eigenvalue weighted by Crippen LogP contribution is 2.22. The molecule has 0 saturated heterocycles. The molecule has 0 aliphatic carbocycles. The van der Waals surface area contributed by atoms with Gasteiger partial charge in [0.25, 0.3) is 0 Å². The largest absolute Gasteiger partial charge is 0.469 e. The summed E-state index contributed by atoms with van der Waals surface area (Å²) in [6.45, 7) is 2.51. The second kappa shape index (κ2) is 4.89. The van der Waals surface area contributed by atoms with Gasteiger partial charge < -0.3 is 9.32 Å². The molecule has 2 rings (SSSR count). The number of nitrogens with zero attached hydrogens (tertiary/aromatic N) is 4. The average molecular weight is 273 g/mol. The molecule has 0 amide bonds. The lowest BCUT2D eigenvalue weighted by Crippen LogP contribution is -2.19. The fraction of sp³-hybridized carbons (Fsp3) is 0.300. The van der Waals surface area contributed by atoms with Crippen LogP contribution in [0.25, 0.3) is 0 Å². The van der Waals surface area contributed by atoms with Crippen molar-refractivity contribution >= 4 is 29.0 Å². The van der Waals surface area contributed by atoms with Gasteiger partial charge in [-0.25, -0.2) is 0 Å². The Labute approximate surface area is 108 Å². The van der Waals surface area contributed by atoms with E-state index in [1.165, 1.54) is 0 Å². The molecule has 2 aromatic rings. The van der Waals surface area contributed by atoms with E-state index in [0.717, 1.165) is 11.3 Å². The maximum Gasteiger partial charge on any atom is 0.245 e. The number of hydrogen-bond donors (Lipinski definition) is 0. The molecule has 2 heterocycles. The third-order valence-electron chi connectivity index (χ3n) is 2.34. The number of aromatic nitrogens is 3. The second-order valence-electron chi connectivity index (χ2n) is 3.55. The van der Waals surface area contributed by atoms with E-state index >= 15 is 0 Å². The smallest absolute Gasteiger partial charge is 0.245 e. The predicted octanol–water partition coefficient (Wildman–Crippen LogP) is 2.72. The molecule has 0 atom stereocenters. The molecule has 0 saturated carbocycles. The van der Waals surface area contributed by atoms with Crippen LogP contribution in [0.1, 0.15) is 11.3 Å². The Bertz CT molecular complexity index is 529. The number of halogens is 2. The van der Waals surface area contributed by atoms with Crippen LogP contribution in [-0.2, 0) is 6.54 Å². The molecule has 0 radical (unpaired) electrons. The first-order valence-corrected chi connectivity index (χ1v) is 5.63. The molecule has 0 fully saturated rings. The van der Waals surface area contributed by atoms with Gasteiger partial charge in [0.2, 0.25) is 5.28 Å². The van der Waals surface area contributed by atoms with E-state index in [9.17, 15) is 0 Å². The SMILES string of the molecule is Cc1occc1CN(C)c1nc(Cl)nnc1Cl. The summed E-state index contributed by atoms with van der Waals surface area (Å²) in [5.41, 5.74) is 1.05. The van der Waals surface area contributed by atoms with Crippen molar-refractivity contribution in [1.29, 1.82) is 0 Å². The summed E-state index contributed by atoms with van der Waals surface area (Å²) in [6.07, 6.45) is 1.64. The van der Waals surface area contributed by atoms with E-state index in [2.05, 4.69) is 15.2 Å². The minimum atomic E-state index is 0.0696. The van der Waals surface area contributed by atoms with Crippen LogP contribution in [0.15, 0.2) is 16.7 Å².